The number of aromatic nitrogens is 4. The fraction of sp³-hybridized carbons (Fsp3) is 0.263. The molecule has 0 fully saturated rings. The number of hydrazone groups is 1. The summed E-state index contributed by atoms with van der Waals surface area (Å²) >= 11 is 0. The Bertz CT molecular complexity index is 876. The molecule has 25 heavy (non-hydrogen) atoms. The van der Waals surface area contributed by atoms with Crippen molar-refractivity contribution in [2.24, 2.45) is 5.10 Å². The van der Waals surface area contributed by atoms with E-state index in [4.69, 9.17) is 0 Å². The first-order chi connectivity index (χ1) is 12.0. The van der Waals surface area contributed by atoms with Crippen molar-refractivity contribution in [3.8, 4) is 0 Å². The third kappa shape index (κ3) is 4.09. The highest BCUT2D eigenvalue weighted by atomic mass is 15.3. The fourth-order valence-electron chi connectivity index (χ4n) is 2.74. The van der Waals surface area contributed by atoms with Crippen molar-refractivity contribution in [2.75, 3.05) is 5.43 Å². The molecule has 0 aliphatic carbocycles. The van der Waals surface area contributed by atoms with Gasteiger partial charge in [0, 0.05) is 22.6 Å². The Kier molecular flexibility index (Phi) is 4.88. The fourth-order valence-corrected chi connectivity index (χ4v) is 2.74. The summed E-state index contributed by atoms with van der Waals surface area (Å²) in [5, 5.41) is 8.91. The predicted octanol–water partition coefficient (Wildman–Crippen LogP) is 3.40. The molecule has 128 valence electrons. The zero-order valence-electron chi connectivity index (χ0n) is 15.0. The number of anilines is 1. The van der Waals surface area contributed by atoms with Crippen LogP contribution in [0.15, 0.2) is 41.5 Å². The number of rotatable bonds is 5. The molecule has 0 aliphatic rings. The van der Waals surface area contributed by atoms with Crippen molar-refractivity contribution in [3.63, 3.8) is 0 Å². The van der Waals surface area contributed by atoms with Crippen molar-refractivity contribution >= 4 is 12.2 Å². The third-order valence-electron chi connectivity index (χ3n) is 3.95. The van der Waals surface area contributed by atoms with Gasteiger partial charge in [0.15, 0.2) is 0 Å². The van der Waals surface area contributed by atoms with Gasteiger partial charge in [0.05, 0.1) is 18.5 Å². The second kappa shape index (κ2) is 7.25. The number of hydrogen-bond acceptors (Lipinski definition) is 5. The molecule has 6 nitrogen and oxygen atoms in total. The molecule has 0 spiro atoms. The number of nitrogens with one attached hydrogen (secondary N) is 1. The molecule has 1 N–H and O–H groups in total. The minimum absolute atomic E-state index is 0.501. The zero-order valence-corrected chi connectivity index (χ0v) is 15.0. The molecule has 6 heteroatoms. The van der Waals surface area contributed by atoms with Gasteiger partial charge in [-0.25, -0.2) is 15.4 Å². The van der Waals surface area contributed by atoms with Gasteiger partial charge in [-0.05, 0) is 39.3 Å². The number of hydrogen-bond donors (Lipinski definition) is 1. The van der Waals surface area contributed by atoms with E-state index in [1.807, 2.05) is 49.7 Å². The van der Waals surface area contributed by atoms with Crippen LogP contribution >= 0.6 is 0 Å². The van der Waals surface area contributed by atoms with Crippen LogP contribution < -0.4 is 5.43 Å². The molecule has 0 atom stereocenters. The normalized spacial score (nSPS) is 11.2. The zero-order chi connectivity index (χ0) is 17.8. The smallest absolute Gasteiger partial charge is 0.243 e. The lowest BCUT2D eigenvalue weighted by molar-refractivity contribution is 0.659. The molecule has 1 aromatic carbocycles. The molecule has 0 unspecified atom stereocenters. The summed E-state index contributed by atoms with van der Waals surface area (Å²) in [6, 6.07) is 12.2. The van der Waals surface area contributed by atoms with Gasteiger partial charge in [0.25, 0.3) is 0 Å². The Balaban J connectivity index is 1.76. The SMILES string of the molecule is Cc1cc(C)nc(N/N=C/c2c(C)nn(Cc3ccccc3)c2C)n1. The molecule has 0 saturated carbocycles. The van der Waals surface area contributed by atoms with Gasteiger partial charge in [-0.15, -0.1) is 0 Å². The molecule has 3 aromatic rings. The van der Waals surface area contributed by atoms with Crippen LogP contribution in [-0.2, 0) is 6.54 Å². The lowest BCUT2D eigenvalue weighted by atomic mass is 10.2. The maximum atomic E-state index is 4.63. The Labute approximate surface area is 147 Å². The summed E-state index contributed by atoms with van der Waals surface area (Å²) in [6.45, 7) is 8.66. The molecule has 2 heterocycles. The average Bonchev–Trinajstić information content (AvgIpc) is 2.82. The number of aryl methyl sites for hydroxylation is 3. The summed E-state index contributed by atoms with van der Waals surface area (Å²) < 4.78 is 2.00. The van der Waals surface area contributed by atoms with Gasteiger partial charge in [0.2, 0.25) is 5.95 Å². The first-order valence-corrected chi connectivity index (χ1v) is 8.22. The summed E-state index contributed by atoms with van der Waals surface area (Å²) in [6.07, 6.45) is 1.78. The summed E-state index contributed by atoms with van der Waals surface area (Å²) in [5.74, 6) is 0.501. The van der Waals surface area contributed by atoms with Gasteiger partial charge in [-0.1, -0.05) is 30.3 Å². The van der Waals surface area contributed by atoms with Crippen molar-refractivity contribution in [1.82, 2.24) is 19.7 Å². The van der Waals surface area contributed by atoms with E-state index in [-0.39, 0.29) is 0 Å². The highest BCUT2D eigenvalue weighted by Crippen LogP contribution is 2.13. The summed E-state index contributed by atoms with van der Waals surface area (Å²) in [7, 11) is 0. The second-order valence-electron chi connectivity index (χ2n) is 6.07. The van der Waals surface area contributed by atoms with E-state index < -0.39 is 0 Å². The maximum Gasteiger partial charge on any atom is 0.243 e. The number of nitrogens with zero attached hydrogens (tertiary/aromatic N) is 5. The standard InChI is InChI=1S/C19H22N6/c1-13-10-14(2)22-19(21-13)23-20-11-18-15(3)24-25(16(18)4)12-17-8-6-5-7-9-17/h5-11H,12H2,1-4H3,(H,21,22,23)/b20-11+. The Hall–Kier alpha value is -3.02. The quantitative estimate of drug-likeness (QED) is 0.573. The van der Waals surface area contributed by atoms with E-state index in [1.165, 1.54) is 5.56 Å². The highest BCUT2D eigenvalue weighted by molar-refractivity contribution is 5.83. The Morgan fingerprint density at radius 3 is 2.40 bits per heavy atom. The Morgan fingerprint density at radius 2 is 1.72 bits per heavy atom. The van der Waals surface area contributed by atoms with E-state index in [9.17, 15) is 0 Å². The lowest BCUT2D eigenvalue weighted by Gasteiger charge is -2.04. The molecular formula is C19H22N6. The van der Waals surface area contributed by atoms with Crippen LogP contribution in [0.25, 0.3) is 0 Å². The number of benzene rings is 1. The minimum Gasteiger partial charge on any atom is -0.265 e. The van der Waals surface area contributed by atoms with Gasteiger partial charge >= 0.3 is 0 Å². The topological polar surface area (TPSA) is 68.0 Å². The van der Waals surface area contributed by atoms with Crippen LogP contribution in [0.4, 0.5) is 5.95 Å². The van der Waals surface area contributed by atoms with Crippen LogP contribution in [0.3, 0.4) is 0 Å². The van der Waals surface area contributed by atoms with Gasteiger partial charge in [-0.2, -0.15) is 10.2 Å². The average molecular weight is 334 g/mol. The lowest BCUT2D eigenvalue weighted by Crippen LogP contribution is -2.04. The molecule has 0 amide bonds. The molecule has 0 aliphatic heterocycles. The van der Waals surface area contributed by atoms with Gasteiger partial charge in [-0.3, -0.25) is 4.68 Å². The van der Waals surface area contributed by atoms with Gasteiger partial charge in [0.1, 0.15) is 0 Å². The molecular weight excluding hydrogens is 312 g/mol. The van der Waals surface area contributed by atoms with Crippen molar-refractivity contribution in [2.45, 2.75) is 34.2 Å². The van der Waals surface area contributed by atoms with E-state index in [0.29, 0.717) is 5.95 Å². The van der Waals surface area contributed by atoms with E-state index in [1.54, 1.807) is 6.21 Å². The first kappa shape index (κ1) is 16.8. The van der Waals surface area contributed by atoms with Crippen LogP contribution in [0.5, 0.6) is 0 Å². The largest absolute Gasteiger partial charge is 0.265 e. The van der Waals surface area contributed by atoms with Crippen molar-refractivity contribution in [1.29, 1.82) is 0 Å². The molecule has 2 aromatic heterocycles. The highest BCUT2D eigenvalue weighted by Gasteiger charge is 2.10. The van der Waals surface area contributed by atoms with Crippen LogP contribution in [0, 0.1) is 27.7 Å². The molecule has 0 radical (unpaired) electrons. The predicted molar refractivity (Wildman–Crippen MR) is 100.0 cm³/mol. The summed E-state index contributed by atoms with van der Waals surface area (Å²) in [5.41, 5.74) is 8.97. The molecule has 0 bridgehead atoms. The Morgan fingerprint density at radius 1 is 1.04 bits per heavy atom. The minimum atomic E-state index is 0.501. The van der Waals surface area contributed by atoms with E-state index >= 15 is 0 Å². The van der Waals surface area contributed by atoms with Crippen LogP contribution in [0.2, 0.25) is 0 Å². The summed E-state index contributed by atoms with van der Waals surface area (Å²) in [4.78, 5) is 8.63. The second-order valence-corrected chi connectivity index (χ2v) is 6.07. The monoisotopic (exact) mass is 334 g/mol. The third-order valence-corrected chi connectivity index (χ3v) is 3.95. The van der Waals surface area contributed by atoms with Crippen molar-refractivity contribution < 1.29 is 0 Å². The molecule has 3 rings (SSSR count). The first-order valence-electron chi connectivity index (χ1n) is 8.22. The molecule has 0 saturated heterocycles. The van der Waals surface area contributed by atoms with E-state index in [0.717, 1.165) is 34.9 Å². The maximum absolute atomic E-state index is 4.63. The van der Waals surface area contributed by atoms with Crippen LogP contribution in [-0.4, -0.2) is 26.0 Å². The van der Waals surface area contributed by atoms with E-state index in [2.05, 4.69) is 44.7 Å². The van der Waals surface area contributed by atoms with Gasteiger partial charge < -0.3 is 0 Å². The van der Waals surface area contributed by atoms with Crippen molar-refractivity contribution in [3.05, 3.63) is 70.3 Å². The van der Waals surface area contributed by atoms with Crippen LogP contribution in [0.1, 0.15) is 33.9 Å².